The van der Waals surface area contributed by atoms with Gasteiger partial charge in [-0.05, 0) is 38.1 Å². The second kappa shape index (κ2) is 5.79. The van der Waals surface area contributed by atoms with E-state index in [1.165, 1.54) is 9.75 Å². The van der Waals surface area contributed by atoms with Crippen molar-refractivity contribution in [1.29, 1.82) is 0 Å². The maximum absolute atomic E-state index is 12.0. The van der Waals surface area contributed by atoms with Crippen LogP contribution in [0.1, 0.15) is 28.4 Å². The van der Waals surface area contributed by atoms with Crippen molar-refractivity contribution in [3.8, 4) is 0 Å². The molecule has 1 unspecified atom stereocenters. The van der Waals surface area contributed by atoms with Crippen LogP contribution in [0.15, 0.2) is 47.4 Å². The van der Waals surface area contributed by atoms with E-state index in [0.29, 0.717) is 12.2 Å². The highest BCUT2D eigenvalue weighted by molar-refractivity contribution is 7.12. The number of aryl methyl sites for hydroxylation is 1. The molecule has 0 amide bonds. The van der Waals surface area contributed by atoms with Crippen LogP contribution in [0, 0.1) is 6.92 Å². The summed E-state index contributed by atoms with van der Waals surface area (Å²) in [5, 5.41) is 3.42. The first-order chi connectivity index (χ1) is 10.1. The summed E-state index contributed by atoms with van der Waals surface area (Å²) in [7, 11) is 0. The third-order valence-electron chi connectivity index (χ3n) is 3.40. The highest BCUT2D eigenvalue weighted by Crippen LogP contribution is 2.22. The minimum Gasteiger partial charge on any atom is -0.304 e. The van der Waals surface area contributed by atoms with Crippen molar-refractivity contribution in [3.63, 3.8) is 0 Å². The lowest BCUT2D eigenvalue weighted by molar-refractivity contribution is 0.575. The summed E-state index contributed by atoms with van der Waals surface area (Å²) in [6.45, 7) is 4.81. The Bertz CT molecular complexity index is 822. The average Bonchev–Trinajstić information content (AvgIpc) is 2.91. The van der Waals surface area contributed by atoms with E-state index in [0.717, 1.165) is 5.69 Å². The van der Waals surface area contributed by atoms with Crippen molar-refractivity contribution in [2.45, 2.75) is 26.4 Å². The van der Waals surface area contributed by atoms with Crippen LogP contribution in [-0.2, 0) is 6.54 Å². The second-order valence-electron chi connectivity index (χ2n) is 5.07. The molecule has 0 fully saturated rings. The Labute approximate surface area is 127 Å². The molecule has 3 rings (SSSR count). The molecule has 0 spiro atoms. The molecule has 0 aliphatic carbocycles. The number of nitrogens with zero attached hydrogens (tertiary/aromatic N) is 2. The summed E-state index contributed by atoms with van der Waals surface area (Å²) < 4.78 is 1.55. The molecule has 21 heavy (non-hydrogen) atoms. The van der Waals surface area contributed by atoms with Crippen LogP contribution in [0.3, 0.4) is 0 Å². The molecule has 0 saturated carbocycles. The Balaban J connectivity index is 1.77. The second-order valence-corrected chi connectivity index (χ2v) is 6.39. The lowest BCUT2D eigenvalue weighted by Gasteiger charge is -2.12. The Morgan fingerprint density at radius 3 is 2.95 bits per heavy atom. The number of hydrogen-bond donors (Lipinski definition) is 1. The lowest BCUT2D eigenvalue weighted by atomic mass is 10.2. The molecule has 0 aromatic carbocycles. The Hall–Kier alpha value is -1.98. The third kappa shape index (κ3) is 3.04. The fourth-order valence-corrected chi connectivity index (χ4v) is 3.14. The molecule has 4 nitrogen and oxygen atoms in total. The number of pyridine rings is 1. The molecule has 0 bridgehead atoms. The molecule has 108 valence electrons. The number of nitrogens with one attached hydrogen (secondary N) is 1. The van der Waals surface area contributed by atoms with Gasteiger partial charge < -0.3 is 5.32 Å². The largest absolute Gasteiger partial charge is 0.304 e. The van der Waals surface area contributed by atoms with E-state index >= 15 is 0 Å². The van der Waals surface area contributed by atoms with Crippen molar-refractivity contribution < 1.29 is 0 Å². The van der Waals surface area contributed by atoms with Gasteiger partial charge in [-0.1, -0.05) is 6.07 Å². The summed E-state index contributed by atoms with van der Waals surface area (Å²) in [6.07, 6.45) is 1.74. The maximum Gasteiger partial charge on any atom is 0.258 e. The van der Waals surface area contributed by atoms with E-state index in [1.807, 2.05) is 18.2 Å². The molecule has 3 aromatic heterocycles. The van der Waals surface area contributed by atoms with E-state index in [2.05, 4.69) is 36.3 Å². The third-order valence-corrected chi connectivity index (χ3v) is 4.58. The van der Waals surface area contributed by atoms with Gasteiger partial charge in [-0.25, -0.2) is 4.98 Å². The van der Waals surface area contributed by atoms with Crippen LogP contribution in [0.25, 0.3) is 5.65 Å². The molecule has 0 aliphatic heterocycles. The molecule has 0 saturated heterocycles. The number of aromatic nitrogens is 2. The molecule has 1 N–H and O–H groups in total. The van der Waals surface area contributed by atoms with Crippen LogP contribution >= 0.6 is 11.3 Å². The molecule has 0 radical (unpaired) electrons. The highest BCUT2D eigenvalue weighted by atomic mass is 32.1. The van der Waals surface area contributed by atoms with Crippen molar-refractivity contribution in [3.05, 3.63) is 68.4 Å². The van der Waals surface area contributed by atoms with E-state index < -0.39 is 0 Å². The molecular weight excluding hydrogens is 282 g/mol. The summed E-state index contributed by atoms with van der Waals surface area (Å²) in [4.78, 5) is 19.1. The monoisotopic (exact) mass is 299 g/mol. The number of thiophene rings is 1. The molecule has 5 heteroatoms. The van der Waals surface area contributed by atoms with E-state index in [1.54, 1.807) is 28.0 Å². The van der Waals surface area contributed by atoms with Gasteiger partial charge in [-0.15, -0.1) is 11.3 Å². The fourth-order valence-electron chi connectivity index (χ4n) is 2.24. The standard InChI is InChI=1S/C16H17N3OS/c1-11-6-7-14(21-11)12(2)17-10-13-9-16(20)19-8-4-3-5-15(19)18-13/h3-9,12,17H,10H2,1-2H3. The Morgan fingerprint density at radius 2 is 2.19 bits per heavy atom. The smallest absolute Gasteiger partial charge is 0.258 e. The predicted octanol–water partition coefficient (Wildman–Crippen LogP) is 2.92. The first kappa shape index (κ1) is 14.0. The molecule has 3 aromatic rings. The van der Waals surface area contributed by atoms with Crippen LogP contribution in [0.5, 0.6) is 0 Å². The van der Waals surface area contributed by atoms with E-state index in [9.17, 15) is 4.79 Å². The normalized spacial score (nSPS) is 12.7. The molecule has 1 atom stereocenters. The molecule has 0 aliphatic rings. The van der Waals surface area contributed by atoms with Gasteiger partial charge >= 0.3 is 0 Å². The summed E-state index contributed by atoms with van der Waals surface area (Å²) in [5.41, 5.74) is 1.41. The Kier molecular flexibility index (Phi) is 3.86. The van der Waals surface area contributed by atoms with Crippen molar-refractivity contribution in [1.82, 2.24) is 14.7 Å². The average molecular weight is 299 g/mol. The van der Waals surface area contributed by atoms with Crippen LogP contribution in [-0.4, -0.2) is 9.38 Å². The van der Waals surface area contributed by atoms with Gasteiger partial charge in [0.15, 0.2) is 0 Å². The lowest BCUT2D eigenvalue weighted by Crippen LogP contribution is -2.21. The van der Waals surface area contributed by atoms with Crippen LogP contribution in [0.2, 0.25) is 0 Å². The zero-order valence-corrected chi connectivity index (χ0v) is 12.9. The van der Waals surface area contributed by atoms with Crippen molar-refractivity contribution in [2.24, 2.45) is 0 Å². The van der Waals surface area contributed by atoms with Gasteiger partial charge in [0, 0.05) is 34.6 Å². The first-order valence-corrected chi connectivity index (χ1v) is 7.72. The van der Waals surface area contributed by atoms with E-state index in [4.69, 9.17) is 0 Å². The zero-order chi connectivity index (χ0) is 14.8. The molecular formula is C16H17N3OS. The van der Waals surface area contributed by atoms with Gasteiger partial charge in [0.05, 0.1) is 5.69 Å². The summed E-state index contributed by atoms with van der Waals surface area (Å²) in [6, 6.07) is 11.7. The zero-order valence-electron chi connectivity index (χ0n) is 12.0. The van der Waals surface area contributed by atoms with E-state index in [-0.39, 0.29) is 11.6 Å². The summed E-state index contributed by atoms with van der Waals surface area (Å²) in [5.74, 6) is 0. The van der Waals surface area contributed by atoms with Crippen LogP contribution < -0.4 is 10.9 Å². The van der Waals surface area contributed by atoms with Gasteiger partial charge in [-0.3, -0.25) is 9.20 Å². The molecule has 3 heterocycles. The number of fused-ring (bicyclic) bond motifs is 1. The predicted molar refractivity (Wildman–Crippen MR) is 85.8 cm³/mol. The number of rotatable bonds is 4. The Morgan fingerprint density at radius 1 is 1.33 bits per heavy atom. The first-order valence-electron chi connectivity index (χ1n) is 6.90. The maximum atomic E-state index is 12.0. The van der Waals surface area contributed by atoms with Crippen LogP contribution in [0.4, 0.5) is 0 Å². The minimum atomic E-state index is -0.0444. The summed E-state index contributed by atoms with van der Waals surface area (Å²) >= 11 is 1.79. The van der Waals surface area contributed by atoms with Gasteiger partial charge in [-0.2, -0.15) is 0 Å². The fraction of sp³-hybridized carbons (Fsp3) is 0.250. The van der Waals surface area contributed by atoms with Gasteiger partial charge in [0.25, 0.3) is 5.56 Å². The van der Waals surface area contributed by atoms with Gasteiger partial charge in [0.2, 0.25) is 0 Å². The van der Waals surface area contributed by atoms with Gasteiger partial charge in [0.1, 0.15) is 5.65 Å². The highest BCUT2D eigenvalue weighted by Gasteiger charge is 2.08. The number of hydrogen-bond acceptors (Lipinski definition) is 4. The van der Waals surface area contributed by atoms with Crippen molar-refractivity contribution in [2.75, 3.05) is 0 Å². The van der Waals surface area contributed by atoms with Crippen molar-refractivity contribution >= 4 is 17.0 Å². The topological polar surface area (TPSA) is 46.4 Å². The minimum absolute atomic E-state index is 0.0444. The SMILES string of the molecule is Cc1ccc(C(C)NCc2cc(=O)n3ccccc3n2)s1. The quantitative estimate of drug-likeness (QED) is 0.805.